The molecule has 0 spiro atoms. The highest BCUT2D eigenvalue weighted by molar-refractivity contribution is 6.39. The van der Waals surface area contributed by atoms with Crippen molar-refractivity contribution < 1.29 is 4.74 Å². The van der Waals surface area contributed by atoms with E-state index in [-0.39, 0.29) is 5.15 Å². The molecule has 0 saturated carbocycles. The predicted molar refractivity (Wildman–Crippen MR) is 71.3 cm³/mol. The average Bonchev–Trinajstić information content (AvgIpc) is 2.29. The van der Waals surface area contributed by atoms with E-state index in [9.17, 15) is 0 Å². The van der Waals surface area contributed by atoms with E-state index >= 15 is 0 Å². The summed E-state index contributed by atoms with van der Waals surface area (Å²) in [5.74, 6) is 0.462. The van der Waals surface area contributed by atoms with E-state index in [2.05, 4.69) is 4.98 Å². The molecule has 2 nitrogen and oxygen atoms in total. The first-order valence-electron chi connectivity index (χ1n) is 4.78. The first-order valence-corrected chi connectivity index (χ1v) is 5.91. The van der Waals surface area contributed by atoms with Crippen molar-refractivity contribution in [3.8, 4) is 16.9 Å². The zero-order valence-corrected chi connectivity index (χ0v) is 11.1. The minimum atomic E-state index is 0.279. The Morgan fingerprint density at radius 1 is 1.06 bits per heavy atom. The van der Waals surface area contributed by atoms with E-state index < -0.39 is 0 Å². The molecule has 0 radical (unpaired) electrons. The van der Waals surface area contributed by atoms with Crippen LogP contribution in [0.3, 0.4) is 0 Å². The number of benzene rings is 1. The Hall–Kier alpha value is -0.960. The second-order valence-electron chi connectivity index (χ2n) is 3.28. The number of hydrogen-bond donors (Lipinski definition) is 0. The van der Waals surface area contributed by atoms with Crippen molar-refractivity contribution in [2.45, 2.75) is 0 Å². The molecule has 1 aromatic carbocycles. The Kier molecular flexibility index (Phi) is 3.77. The van der Waals surface area contributed by atoms with E-state index in [1.165, 1.54) is 7.11 Å². The Labute approximate surface area is 114 Å². The largest absolute Gasteiger partial charge is 0.493 e. The van der Waals surface area contributed by atoms with Crippen LogP contribution in [0.2, 0.25) is 15.2 Å². The topological polar surface area (TPSA) is 22.1 Å². The molecule has 0 aliphatic carbocycles. The van der Waals surface area contributed by atoms with Crippen LogP contribution in [0.5, 0.6) is 5.75 Å². The monoisotopic (exact) mass is 287 g/mol. The van der Waals surface area contributed by atoms with Crippen molar-refractivity contribution in [3.63, 3.8) is 0 Å². The quantitative estimate of drug-likeness (QED) is 0.746. The molecule has 17 heavy (non-hydrogen) atoms. The molecule has 0 aliphatic heterocycles. The molecule has 0 amide bonds. The van der Waals surface area contributed by atoms with Crippen LogP contribution in [0.15, 0.2) is 30.5 Å². The fraction of sp³-hybridized carbons (Fsp3) is 0.0833. The lowest BCUT2D eigenvalue weighted by molar-refractivity contribution is 0.415. The van der Waals surface area contributed by atoms with Crippen LogP contribution in [0.4, 0.5) is 0 Å². The van der Waals surface area contributed by atoms with Gasteiger partial charge in [0, 0.05) is 17.3 Å². The minimum absolute atomic E-state index is 0.279. The summed E-state index contributed by atoms with van der Waals surface area (Å²) in [7, 11) is 1.52. The van der Waals surface area contributed by atoms with Crippen LogP contribution >= 0.6 is 34.8 Å². The Morgan fingerprint density at radius 2 is 1.71 bits per heavy atom. The van der Waals surface area contributed by atoms with Crippen molar-refractivity contribution >= 4 is 34.8 Å². The van der Waals surface area contributed by atoms with Crippen molar-refractivity contribution in [2.75, 3.05) is 7.11 Å². The minimum Gasteiger partial charge on any atom is -0.493 e. The van der Waals surface area contributed by atoms with Crippen LogP contribution < -0.4 is 4.74 Å². The van der Waals surface area contributed by atoms with Gasteiger partial charge in [0.25, 0.3) is 0 Å². The molecule has 1 heterocycles. The third-order valence-electron chi connectivity index (χ3n) is 2.30. The summed E-state index contributed by atoms with van der Waals surface area (Å²) in [5.41, 5.74) is 1.42. The van der Waals surface area contributed by atoms with Crippen LogP contribution in [-0.4, -0.2) is 12.1 Å². The first-order chi connectivity index (χ1) is 8.15. The van der Waals surface area contributed by atoms with E-state index in [4.69, 9.17) is 39.5 Å². The van der Waals surface area contributed by atoms with Crippen LogP contribution in [0, 0.1) is 0 Å². The highest BCUT2D eigenvalue weighted by Crippen LogP contribution is 2.41. The number of nitrogens with zero attached hydrogens (tertiary/aromatic N) is 1. The second-order valence-corrected chi connectivity index (χ2v) is 4.45. The molecule has 0 unspecified atom stereocenters. The van der Waals surface area contributed by atoms with E-state index in [0.717, 1.165) is 5.56 Å². The van der Waals surface area contributed by atoms with Crippen molar-refractivity contribution in [2.24, 2.45) is 0 Å². The average molecular weight is 289 g/mol. The summed E-state index contributed by atoms with van der Waals surface area (Å²) in [6.45, 7) is 0. The number of ether oxygens (including phenoxy) is 1. The van der Waals surface area contributed by atoms with Gasteiger partial charge in [-0.15, -0.1) is 0 Å². The lowest BCUT2D eigenvalue weighted by Gasteiger charge is -2.12. The third kappa shape index (κ3) is 2.34. The summed E-state index contributed by atoms with van der Waals surface area (Å²) in [5, 5.41) is 1.36. The molecular weight excluding hydrogens is 280 g/mol. The van der Waals surface area contributed by atoms with Gasteiger partial charge in [-0.2, -0.15) is 0 Å². The van der Waals surface area contributed by atoms with Crippen LogP contribution in [0.1, 0.15) is 0 Å². The fourth-order valence-corrected chi connectivity index (χ4v) is 2.41. The standard InChI is InChI=1S/C12H8Cl3NO/c1-17-11-7(5-6-16-12(11)15)10-8(13)3-2-4-9(10)14/h2-6H,1H3. The third-order valence-corrected chi connectivity index (χ3v) is 3.20. The SMILES string of the molecule is COc1c(-c2c(Cl)cccc2Cl)ccnc1Cl. The van der Waals surface area contributed by atoms with Gasteiger partial charge in [0.1, 0.15) is 0 Å². The zero-order valence-electron chi connectivity index (χ0n) is 8.88. The van der Waals surface area contributed by atoms with Crippen molar-refractivity contribution in [1.82, 2.24) is 4.98 Å². The number of hydrogen-bond acceptors (Lipinski definition) is 2. The smallest absolute Gasteiger partial charge is 0.171 e. The van der Waals surface area contributed by atoms with Gasteiger partial charge in [-0.3, -0.25) is 0 Å². The number of halogens is 3. The maximum Gasteiger partial charge on any atom is 0.171 e. The Morgan fingerprint density at radius 3 is 2.29 bits per heavy atom. The van der Waals surface area contributed by atoms with Gasteiger partial charge >= 0.3 is 0 Å². The summed E-state index contributed by atoms with van der Waals surface area (Å²) >= 11 is 18.2. The predicted octanol–water partition coefficient (Wildman–Crippen LogP) is 4.72. The molecule has 0 N–H and O–H groups in total. The summed E-state index contributed by atoms with van der Waals surface area (Å²) in [6.07, 6.45) is 1.58. The molecule has 5 heteroatoms. The van der Waals surface area contributed by atoms with Crippen LogP contribution in [-0.2, 0) is 0 Å². The maximum atomic E-state index is 6.14. The fourth-order valence-electron chi connectivity index (χ4n) is 1.57. The van der Waals surface area contributed by atoms with E-state index in [1.54, 1.807) is 30.5 Å². The molecule has 0 aliphatic rings. The number of methoxy groups -OCH3 is 1. The van der Waals surface area contributed by atoms with Crippen molar-refractivity contribution in [1.29, 1.82) is 0 Å². The highest BCUT2D eigenvalue weighted by Gasteiger charge is 2.15. The normalized spacial score (nSPS) is 10.4. The van der Waals surface area contributed by atoms with Crippen molar-refractivity contribution in [3.05, 3.63) is 45.7 Å². The number of pyridine rings is 1. The van der Waals surface area contributed by atoms with Gasteiger partial charge in [-0.25, -0.2) is 4.98 Å². The number of aromatic nitrogens is 1. The molecule has 2 aromatic rings. The van der Waals surface area contributed by atoms with Gasteiger partial charge in [0.15, 0.2) is 10.9 Å². The number of rotatable bonds is 2. The molecule has 0 fully saturated rings. The Bertz CT molecular complexity index is 537. The Balaban J connectivity index is 2.73. The van der Waals surface area contributed by atoms with E-state index in [0.29, 0.717) is 21.4 Å². The highest BCUT2D eigenvalue weighted by atomic mass is 35.5. The van der Waals surface area contributed by atoms with Gasteiger partial charge in [0.2, 0.25) is 0 Å². The van der Waals surface area contributed by atoms with Gasteiger partial charge in [-0.1, -0.05) is 40.9 Å². The van der Waals surface area contributed by atoms with E-state index in [1.807, 2.05) is 0 Å². The zero-order chi connectivity index (χ0) is 12.4. The lowest BCUT2D eigenvalue weighted by Crippen LogP contribution is -1.92. The second kappa shape index (κ2) is 5.13. The lowest BCUT2D eigenvalue weighted by atomic mass is 10.1. The van der Waals surface area contributed by atoms with Gasteiger partial charge in [-0.05, 0) is 18.2 Å². The van der Waals surface area contributed by atoms with Crippen LogP contribution in [0.25, 0.3) is 11.1 Å². The molecular formula is C12H8Cl3NO. The maximum absolute atomic E-state index is 6.14. The van der Waals surface area contributed by atoms with Gasteiger partial charge in [0.05, 0.1) is 17.2 Å². The summed E-state index contributed by atoms with van der Waals surface area (Å²) in [4.78, 5) is 3.95. The molecule has 1 aromatic heterocycles. The molecule has 0 bridgehead atoms. The molecule has 0 saturated heterocycles. The summed E-state index contributed by atoms with van der Waals surface area (Å²) < 4.78 is 5.23. The first kappa shape index (κ1) is 12.5. The molecule has 88 valence electrons. The van der Waals surface area contributed by atoms with Gasteiger partial charge < -0.3 is 4.74 Å². The summed E-state index contributed by atoms with van der Waals surface area (Å²) in [6, 6.07) is 7.06. The molecule has 2 rings (SSSR count). The molecule has 0 atom stereocenters.